The van der Waals surface area contributed by atoms with Crippen molar-refractivity contribution >= 4 is 58.5 Å². The molecule has 2 amide bonds. The minimum Gasteiger partial charge on any atom is -0.321 e. The van der Waals surface area contributed by atoms with Gasteiger partial charge in [-0.2, -0.15) is 4.68 Å². The van der Waals surface area contributed by atoms with Crippen molar-refractivity contribution in [2.45, 2.75) is 10.6 Å². The summed E-state index contributed by atoms with van der Waals surface area (Å²) >= 11 is 14.1. The lowest BCUT2D eigenvalue weighted by Crippen LogP contribution is -2.30. The molecule has 1 heterocycles. The van der Waals surface area contributed by atoms with Crippen LogP contribution >= 0.6 is 35.0 Å². The van der Waals surface area contributed by atoms with Gasteiger partial charge in [0.25, 0.3) is 11.8 Å². The van der Waals surface area contributed by atoms with Crippen LogP contribution in [0.2, 0.25) is 10.0 Å². The number of hydrogen-bond acceptors (Lipinski definition) is 6. The zero-order valence-corrected chi connectivity index (χ0v) is 23.7. The summed E-state index contributed by atoms with van der Waals surface area (Å²) in [6, 6.07) is 30.7. The molecule has 0 aliphatic heterocycles. The summed E-state index contributed by atoms with van der Waals surface area (Å²) in [5, 5.41) is 18.2. The fourth-order valence-electron chi connectivity index (χ4n) is 3.78. The highest BCUT2D eigenvalue weighted by Crippen LogP contribution is 2.28. The Morgan fingerprint density at radius 1 is 0.854 bits per heavy atom. The SMILES string of the molecule is O=C(Nc1ccc(SCc2nnnn2-c2ccccc2)cc1)/C(=C/c1cccc(Cl)c1Cl)NC(=O)c1ccccc1. The van der Waals surface area contributed by atoms with E-state index in [1.54, 1.807) is 77.1 Å². The first kappa shape index (κ1) is 28.1. The number of rotatable bonds is 9. The summed E-state index contributed by atoms with van der Waals surface area (Å²) in [5.74, 6) is 0.302. The number of para-hydroxylation sites is 1. The third-order valence-electron chi connectivity index (χ3n) is 5.83. The van der Waals surface area contributed by atoms with Crippen LogP contribution in [0.4, 0.5) is 5.69 Å². The van der Waals surface area contributed by atoms with Gasteiger partial charge in [-0.25, -0.2) is 0 Å². The lowest BCUT2D eigenvalue weighted by atomic mass is 10.1. The van der Waals surface area contributed by atoms with E-state index in [1.165, 1.54) is 6.08 Å². The molecule has 0 aliphatic carbocycles. The van der Waals surface area contributed by atoms with Crippen molar-refractivity contribution in [3.8, 4) is 5.69 Å². The Hall–Kier alpha value is -4.44. The third kappa shape index (κ3) is 7.20. The number of nitrogens with zero attached hydrogens (tertiary/aromatic N) is 4. The Morgan fingerprint density at radius 3 is 2.29 bits per heavy atom. The molecule has 1 aromatic heterocycles. The normalized spacial score (nSPS) is 11.2. The van der Waals surface area contributed by atoms with Gasteiger partial charge in [-0.05, 0) is 76.7 Å². The highest BCUT2D eigenvalue weighted by molar-refractivity contribution is 7.98. The zero-order chi connectivity index (χ0) is 28.6. The molecule has 4 aromatic carbocycles. The highest BCUT2D eigenvalue weighted by Gasteiger charge is 2.16. The first-order valence-corrected chi connectivity index (χ1v) is 14.1. The summed E-state index contributed by atoms with van der Waals surface area (Å²) < 4.78 is 1.70. The van der Waals surface area contributed by atoms with Gasteiger partial charge in [-0.1, -0.05) is 71.7 Å². The van der Waals surface area contributed by atoms with E-state index in [1.807, 2.05) is 42.5 Å². The van der Waals surface area contributed by atoms with Crippen LogP contribution in [0.5, 0.6) is 0 Å². The number of tetrazole rings is 1. The van der Waals surface area contributed by atoms with Crippen LogP contribution in [-0.2, 0) is 10.5 Å². The molecule has 5 aromatic rings. The Balaban J connectivity index is 1.29. The largest absolute Gasteiger partial charge is 0.321 e. The number of hydrogen-bond donors (Lipinski definition) is 2. The predicted molar refractivity (Wildman–Crippen MR) is 162 cm³/mol. The molecule has 0 radical (unpaired) electrons. The molecule has 11 heteroatoms. The maximum Gasteiger partial charge on any atom is 0.272 e. The molecule has 204 valence electrons. The Morgan fingerprint density at radius 2 is 1.56 bits per heavy atom. The summed E-state index contributed by atoms with van der Waals surface area (Å²) in [7, 11) is 0. The van der Waals surface area contributed by atoms with Crippen LogP contribution in [0.25, 0.3) is 11.8 Å². The number of amides is 2. The molecule has 0 fully saturated rings. The van der Waals surface area contributed by atoms with E-state index >= 15 is 0 Å². The average Bonchev–Trinajstić information content (AvgIpc) is 3.48. The van der Waals surface area contributed by atoms with Crippen molar-refractivity contribution in [2.24, 2.45) is 0 Å². The number of carbonyl (C=O) groups is 2. The standard InChI is InChI=1S/C30H22Cl2N6O2S/c31-25-13-7-10-21(28(25)32)18-26(34-29(39)20-8-3-1-4-9-20)30(40)33-22-14-16-24(17-15-22)41-19-27-35-36-37-38(27)23-11-5-2-6-12-23/h1-18H,19H2,(H,33,40)(H,34,39)/b26-18-. The van der Waals surface area contributed by atoms with Gasteiger partial charge >= 0.3 is 0 Å². The van der Waals surface area contributed by atoms with E-state index in [0.717, 1.165) is 10.6 Å². The van der Waals surface area contributed by atoms with Crippen LogP contribution in [0.15, 0.2) is 114 Å². The van der Waals surface area contributed by atoms with E-state index in [0.29, 0.717) is 33.4 Å². The first-order chi connectivity index (χ1) is 20.0. The van der Waals surface area contributed by atoms with Gasteiger partial charge in [-0.15, -0.1) is 16.9 Å². The predicted octanol–water partition coefficient (Wildman–Crippen LogP) is 6.67. The van der Waals surface area contributed by atoms with Crippen molar-refractivity contribution in [2.75, 3.05) is 5.32 Å². The lowest BCUT2D eigenvalue weighted by Gasteiger charge is -2.12. The smallest absolute Gasteiger partial charge is 0.272 e. The lowest BCUT2D eigenvalue weighted by molar-refractivity contribution is -0.113. The summed E-state index contributed by atoms with van der Waals surface area (Å²) in [6.45, 7) is 0. The molecule has 0 unspecified atom stereocenters. The number of aromatic nitrogens is 4. The van der Waals surface area contributed by atoms with E-state index in [-0.39, 0.29) is 10.7 Å². The molecule has 8 nitrogen and oxygen atoms in total. The van der Waals surface area contributed by atoms with Gasteiger partial charge in [0.15, 0.2) is 5.82 Å². The van der Waals surface area contributed by atoms with Gasteiger partial charge < -0.3 is 10.6 Å². The molecule has 0 saturated carbocycles. The second-order valence-corrected chi connectivity index (χ2v) is 10.5. The molecule has 0 saturated heterocycles. The first-order valence-electron chi connectivity index (χ1n) is 12.4. The van der Waals surface area contributed by atoms with Gasteiger partial charge in [0.05, 0.1) is 21.5 Å². The second kappa shape index (κ2) is 13.3. The molecular weight excluding hydrogens is 579 g/mol. The number of nitrogens with one attached hydrogen (secondary N) is 2. The van der Waals surface area contributed by atoms with E-state index < -0.39 is 11.8 Å². The topological polar surface area (TPSA) is 102 Å². The zero-order valence-electron chi connectivity index (χ0n) is 21.4. The highest BCUT2D eigenvalue weighted by atomic mass is 35.5. The van der Waals surface area contributed by atoms with Gasteiger partial charge in [0, 0.05) is 16.1 Å². The molecule has 0 aliphatic rings. The summed E-state index contributed by atoms with van der Waals surface area (Å²) in [6.07, 6.45) is 1.49. The molecule has 0 bridgehead atoms. The molecule has 0 atom stereocenters. The van der Waals surface area contributed by atoms with Crippen molar-refractivity contribution in [1.82, 2.24) is 25.5 Å². The van der Waals surface area contributed by atoms with E-state index in [4.69, 9.17) is 23.2 Å². The Labute approximate surface area is 250 Å². The van der Waals surface area contributed by atoms with Gasteiger partial charge in [-0.3, -0.25) is 9.59 Å². The fourth-order valence-corrected chi connectivity index (χ4v) is 4.94. The Kier molecular flexibility index (Phi) is 9.10. The maximum absolute atomic E-state index is 13.3. The molecule has 5 rings (SSSR count). The number of carbonyl (C=O) groups excluding carboxylic acids is 2. The van der Waals surface area contributed by atoms with Crippen LogP contribution in [-0.4, -0.2) is 32.0 Å². The molecule has 2 N–H and O–H groups in total. The molecule has 41 heavy (non-hydrogen) atoms. The Bertz CT molecular complexity index is 1690. The molecule has 0 spiro atoms. The average molecular weight is 602 g/mol. The number of benzene rings is 4. The van der Waals surface area contributed by atoms with Crippen molar-refractivity contribution in [3.05, 3.63) is 136 Å². The summed E-state index contributed by atoms with van der Waals surface area (Å²) in [4.78, 5) is 27.2. The number of halogens is 2. The maximum atomic E-state index is 13.3. The monoisotopic (exact) mass is 600 g/mol. The van der Waals surface area contributed by atoms with Crippen molar-refractivity contribution in [3.63, 3.8) is 0 Å². The van der Waals surface area contributed by atoms with Crippen molar-refractivity contribution in [1.29, 1.82) is 0 Å². The van der Waals surface area contributed by atoms with E-state index in [2.05, 4.69) is 26.2 Å². The third-order valence-corrected chi connectivity index (χ3v) is 7.67. The number of thioether (sulfide) groups is 1. The van der Waals surface area contributed by atoms with Crippen LogP contribution in [0.3, 0.4) is 0 Å². The van der Waals surface area contributed by atoms with Gasteiger partial charge in [0.2, 0.25) is 0 Å². The number of anilines is 1. The minimum atomic E-state index is -0.521. The fraction of sp³-hybridized carbons (Fsp3) is 0.0333. The van der Waals surface area contributed by atoms with Crippen molar-refractivity contribution < 1.29 is 9.59 Å². The molecular formula is C30H22Cl2N6O2S. The summed E-state index contributed by atoms with van der Waals surface area (Å²) in [5.41, 5.74) is 2.33. The van der Waals surface area contributed by atoms with Crippen LogP contribution in [0.1, 0.15) is 21.7 Å². The van der Waals surface area contributed by atoms with Crippen LogP contribution < -0.4 is 10.6 Å². The minimum absolute atomic E-state index is 0.00854. The van der Waals surface area contributed by atoms with E-state index in [9.17, 15) is 9.59 Å². The quantitative estimate of drug-likeness (QED) is 0.145. The van der Waals surface area contributed by atoms with Crippen LogP contribution in [0, 0.1) is 0 Å². The van der Waals surface area contributed by atoms with Gasteiger partial charge in [0.1, 0.15) is 5.70 Å². The second-order valence-electron chi connectivity index (χ2n) is 8.63.